The maximum absolute atomic E-state index is 9.64. The Kier molecular flexibility index (Phi) is 8.89. The Morgan fingerprint density at radius 1 is 0.973 bits per heavy atom. The van der Waals surface area contributed by atoms with Crippen LogP contribution in [-0.4, -0.2) is 18.3 Å². The van der Waals surface area contributed by atoms with E-state index >= 15 is 0 Å². The van der Waals surface area contributed by atoms with E-state index in [1.807, 2.05) is 6.92 Å². The van der Waals surface area contributed by atoms with Crippen LogP contribution in [0.5, 0.6) is 0 Å². The van der Waals surface area contributed by atoms with Gasteiger partial charge in [0.05, 0.1) is 6.10 Å². The molecule has 1 aliphatic carbocycles. The molecule has 1 aliphatic rings. The molecule has 1 atom stereocenters. The second-order valence-electron chi connectivity index (χ2n) is 10.4. The van der Waals surface area contributed by atoms with E-state index in [2.05, 4.69) is 111 Å². The van der Waals surface area contributed by atoms with Crippen LogP contribution in [0.1, 0.15) is 67.9 Å². The van der Waals surface area contributed by atoms with Crippen molar-refractivity contribution >= 4 is 17.1 Å². The molecule has 0 amide bonds. The first-order chi connectivity index (χ1) is 17.9. The zero-order chi connectivity index (χ0) is 26.4. The quantitative estimate of drug-likeness (QED) is 0.283. The van der Waals surface area contributed by atoms with Crippen molar-refractivity contribution in [3.8, 4) is 0 Å². The first kappa shape index (κ1) is 26.8. The zero-order valence-electron chi connectivity index (χ0n) is 23.1. The lowest BCUT2D eigenvalue weighted by atomic mass is 10.0. The number of rotatable bonds is 11. The van der Waals surface area contributed by atoms with Gasteiger partial charge in [-0.15, -0.1) is 0 Å². The highest BCUT2D eigenvalue weighted by molar-refractivity contribution is 5.84. The largest absolute Gasteiger partial charge is 0.393 e. The van der Waals surface area contributed by atoms with Crippen molar-refractivity contribution in [2.75, 3.05) is 17.3 Å². The van der Waals surface area contributed by atoms with Gasteiger partial charge in [0.25, 0.3) is 0 Å². The third-order valence-electron chi connectivity index (χ3n) is 7.01. The predicted octanol–water partition coefficient (Wildman–Crippen LogP) is 8.07. The van der Waals surface area contributed by atoms with Crippen molar-refractivity contribution in [1.29, 1.82) is 0 Å². The number of allylic oxidation sites excluding steroid dienone is 3. The van der Waals surface area contributed by atoms with Crippen molar-refractivity contribution < 1.29 is 5.11 Å². The molecule has 1 fully saturated rings. The van der Waals surface area contributed by atoms with E-state index < -0.39 is 0 Å². The number of nitrogens with one attached hydrogen (secondary N) is 1. The molecule has 0 spiro atoms. The number of aryl methyl sites for hydroxylation is 2. The molecule has 1 unspecified atom stereocenters. The van der Waals surface area contributed by atoms with Crippen LogP contribution >= 0.6 is 0 Å². The minimum absolute atomic E-state index is 0.313. The van der Waals surface area contributed by atoms with Crippen molar-refractivity contribution in [3.63, 3.8) is 0 Å². The molecule has 0 aliphatic heterocycles. The number of aliphatic hydroxyl groups is 1. The monoisotopic (exact) mass is 494 g/mol. The summed E-state index contributed by atoms with van der Waals surface area (Å²) < 4.78 is 0. The number of benzene rings is 3. The topological polar surface area (TPSA) is 35.5 Å². The van der Waals surface area contributed by atoms with Gasteiger partial charge in [-0.2, -0.15) is 0 Å². The maximum atomic E-state index is 9.64. The van der Waals surface area contributed by atoms with E-state index in [0.717, 1.165) is 24.9 Å². The molecule has 3 aromatic carbocycles. The molecule has 37 heavy (non-hydrogen) atoms. The highest BCUT2D eigenvalue weighted by Crippen LogP contribution is 2.40. The molecule has 2 N–H and O–H groups in total. The molecule has 3 aromatic rings. The molecule has 0 heterocycles. The maximum Gasteiger partial charge on any atom is 0.0552 e. The van der Waals surface area contributed by atoms with E-state index in [4.69, 9.17) is 0 Å². The van der Waals surface area contributed by atoms with Crippen molar-refractivity contribution in [3.05, 3.63) is 112 Å². The minimum Gasteiger partial charge on any atom is -0.393 e. The normalized spacial score (nSPS) is 13.9. The lowest BCUT2D eigenvalue weighted by Crippen LogP contribution is -2.17. The fourth-order valence-electron chi connectivity index (χ4n) is 5.04. The summed E-state index contributed by atoms with van der Waals surface area (Å²) in [6.07, 6.45) is 7.90. The summed E-state index contributed by atoms with van der Waals surface area (Å²) in [5.41, 5.74) is 12.9. The molecule has 0 bridgehead atoms. The van der Waals surface area contributed by atoms with Gasteiger partial charge in [-0.25, -0.2) is 0 Å². The summed E-state index contributed by atoms with van der Waals surface area (Å²) >= 11 is 0. The molecular weight excluding hydrogens is 452 g/mol. The van der Waals surface area contributed by atoms with Gasteiger partial charge in [-0.3, -0.25) is 0 Å². The first-order valence-corrected chi connectivity index (χ1v) is 13.8. The summed E-state index contributed by atoms with van der Waals surface area (Å²) in [6, 6.07) is 24.3. The van der Waals surface area contributed by atoms with Crippen molar-refractivity contribution in [2.45, 2.75) is 72.3 Å². The van der Waals surface area contributed by atoms with Crippen LogP contribution in [0.4, 0.5) is 11.4 Å². The van der Waals surface area contributed by atoms with E-state index in [9.17, 15) is 5.11 Å². The molecule has 0 saturated heterocycles. The van der Waals surface area contributed by atoms with Crippen molar-refractivity contribution in [2.24, 2.45) is 0 Å². The number of anilines is 2. The molecule has 194 valence electrons. The van der Waals surface area contributed by atoms with E-state index in [0.29, 0.717) is 6.42 Å². The summed E-state index contributed by atoms with van der Waals surface area (Å²) in [6.45, 7) is 8.42. The third-order valence-corrected chi connectivity index (χ3v) is 7.01. The molecular formula is C34H42N2O. The first-order valence-electron chi connectivity index (χ1n) is 13.8. The Bertz CT molecular complexity index is 1240. The van der Waals surface area contributed by atoms with Gasteiger partial charge in [-0.1, -0.05) is 74.0 Å². The second-order valence-corrected chi connectivity index (χ2v) is 10.4. The lowest BCUT2D eigenvalue weighted by molar-refractivity contribution is 0.195. The van der Waals surface area contributed by atoms with Gasteiger partial charge in [0.15, 0.2) is 0 Å². The summed E-state index contributed by atoms with van der Waals surface area (Å²) in [4.78, 5) is 2.40. The van der Waals surface area contributed by atoms with Crippen LogP contribution in [0.15, 0.2) is 84.1 Å². The van der Waals surface area contributed by atoms with Crippen LogP contribution in [0.25, 0.3) is 5.70 Å². The molecule has 3 nitrogen and oxygen atoms in total. The fourth-order valence-corrected chi connectivity index (χ4v) is 5.04. The number of hydrogen-bond donors (Lipinski definition) is 2. The zero-order valence-corrected chi connectivity index (χ0v) is 23.1. The van der Waals surface area contributed by atoms with Crippen LogP contribution in [0, 0.1) is 6.92 Å². The highest BCUT2D eigenvalue weighted by Gasteiger charge is 2.23. The molecule has 3 heteroatoms. The van der Waals surface area contributed by atoms with E-state index in [1.165, 1.54) is 63.3 Å². The van der Waals surface area contributed by atoms with Crippen LogP contribution in [0.2, 0.25) is 0 Å². The van der Waals surface area contributed by atoms with Gasteiger partial charge >= 0.3 is 0 Å². The summed E-state index contributed by atoms with van der Waals surface area (Å²) in [5, 5.41) is 13.3. The SMILES string of the molecule is CC/C=C(/Cc1ccc(CC(C)O)cc1)Nc1ccc(C(=C2CC2)N(C)c2ccc(C)cc2CC)cc1. The number of nitrogens with zero attached hydrogens (tertiary/aromatic N) is 1. The second kappa shape index (κ2) is 12.3. The van der Waals surface area contributed by atoms with Gasteiger partial charge in [0, 0.05) is 36.2 Å². The molecule has 0 aromatic heterocycles. The average molecular weight is 495 g/mol. The fraction of sp³-hybridized carbons (Fsp3) is 0.353. The number of hydrogen-bond acceptors (Lipinski definition) is 3. The lowest BCUT2D eigenvalue weighted by Gasteiger charge is -2.26. The Morgan fingerprint density at radius 3 is 2.24 bits per heavy atom. The molecule has 0 radical (unpaired) electrons. The predicted molar refractivity (Wildman–Crippen MR) is 159 cm³/mol. The Morgan fingerprint density at radius 2 is 1.65 bits per heavy atom. The average Bonchev–Trinajstić information content (AvgIpc) is 3.71. The van der Waals surface area contributed by atoms with E-state index in [-0.39, 0.29) is 6.10 Å². The van der Waals surface area contributed by atoms with Gasteiger partial charge in [0.2, 0.25) is 0 Å². The van der Waals surface area contributed by atoms with Gasteiger partial charge in [-0.05, 0) is 92.0 Å². The van der Waals surface area contributed by atoms with E-state index in [1.54, 1.807) is 0 Å². The Balaban J connectivity index is 1.49. The van der Waals surface area contributed by atoms with Gasteiger partial charge < -0.3 is 15.3 Å². The minimum atomic E-state index is -0.313. The number of aliphatic hydroxyl groups excluding tert-OH is 1. The standard InChI is InChI=1S/C34H42N2O/c1-6-8-32(23-27-12-10-26(11-13-27)22-25(4)37)35-31-18-16-30(17-19-31)34(29-14-15-29)36(5)33-20-9-24(3)21-28(33)7-2/h8-13,16-21,25,35,37H,6-7,14-15,22-23H2,1-5H3/b32-8-. The van der Waals surface area contributed by atoms with Gasteiger partial charge in [0.1, 0.15) is 0 Å². The van der Waals surface area contributed by atoms with Crippen LogP contribution in [0.3, 0.4) is 0 Å². The third kappa shape index (κ3) is 7.14. The summed E-state index contributed by atoms with van der Waals surface area (Å²) in [7, 11) is 2.21. The van der Waals surface area contributed by atoms with Crippen LogP contribution < -0.4 is 10.2 Å². The van der Waals surface area contributed by atoms with Crippen LogP contribution in [-0.2, 0) is 19.3 Å². The Labute approximate surface area is 223 Å². The molecule has 1 saturated carbocycles. The molecule has 4 rings (SSSR count). The smallest absolute Gasteiger partial charge is 0.0552 e. The Hall–Kier alpha value is -3.30. The summed E-state index contributed by atoms with van der Waals surface area (Å²) in [5.74, 6) is 0. The highest BCUT2D eigenvalue weighted by atomic mass is 16.3. The van der Waals surface area contributed by atoms with Crippen molar-refractivity contribution in [1.82, 2.24) is 0 Å².